The minimum atomic E-state index is -0.724. The van der Waals surface area contributed by atoms with Crippen LogP contribution in [0.2, 0.25) is 0 Å². The topological polar surface area (TPSA) is 58.2 Å². The highest BCUT2D eigenvalue weighted by atomic mass is 32.2. The van der Waals surface area contributed by atoms with Crippen LogP contribution in [0, 0.1) is 5.82 Å². The second-order valence-corrected chi connectivity index (χ2v) is 6.47. The summed E-state index contributed by atoms with van der Waals surface area (Å²) in [6.07, 6.45) is 3.36. The molecule has 0 radical (unpaired) electrons. The number of hydrogen-bond donors (Lipinski definition) is 2. The van der Waals surface area contributed by atoms with Crippen LogP contribution in [0.15, 0.2) is 47.4 Å². The van der Waals surface area contributed by atoms with Gasteiger partial charge in [0.15, 0.2) is 0 Å². The molecule has 0 aliphatic heterocycles. The molecule has 2 amide bonds. The maximum absolute atomic E-state index is 13.4. The summed E-state index contributed by atoms with van der Waals surface area (Å²) in [5, 5.41) is 5.28. The lowest BCUT2D eigenvalue weighted by atomic mass is 10.1. The third kappa shape index (κ3) is 3.59. The molecule has 0 aromatic heterocycles. The van der Waals surface area contributed by atoms with Gasteiger partial charge in [-0.05, 0) is 60.6 Å². The number of benzene rings is 2. The van der Waals surface area contributed by atoms with E-state index < -0.39 is 11.8 Å². The van der Waals surface area contributed by atoms with E-state index in [1.54, 1.807) is 30.0 Å². The first-order valence-electron chi connectivity index (χ1n) is 7.61. The van der Waals surface area contributed by atoms with E-state index in [-0.39, 0.29) is 11.9 Å². The van der Waals surface area contributed by atoms with Gasteiger partial charge < -0.3 is 10.6 Å². The number of thioether (sulfide) groups is 1. The van der Waals surface area contributed by atoms with Crippen LogP contribution in [0.3, 0.4) is 0 Å². The number of carbonyl (C=O) groups excluding carboxylic acids is 2. The third-order valence-electron chi connectivity index (χ3n) is 4.02. The first kappa shape index (κ1) is 16.5. The zero-order chi connectivity index (χ0) is 17.1. The van der Waals surface area contributed by atoms with Crippen molar-refractivity contribution in [2.24, 2.45) is 0 Å². The smallest absolute Gasteiger partial charge is 0.313 e. The molecular weight excluding hydrogens is 327 g/mol. The monoisotopic (exact) mass is 344 g/mol. The van der Waals surface area contributed by atoms with Crippen LogP contribution in [0.4, 0.5) is 10.1 Å². The maximum atomic E-state index is 13.4. The fraction of sp³-hybridized carbons (Fsp3) is 0.222. The first-order valence-corrected chi connectivity index (χ1v) is 8.83. The number of carbonyl (C=O) groups is 2. The predicted molar refractivity (Wildman–Crippen MR) is 92.5 cm³/mol. The van der Waals surface area contributed by atoms with Crippen molar-refractivity contribution in [2.45, 2.75) is 23.8 Å². The average molecular weight is 344 g/mol. The Balaban J connectivity index is 1.65. The largest absolute Gasteiger partial charge is 0.341 e. The summed E-state index contributed by atoms with van der Waals surface area (Å²) in [6, 6.07) is 11.5. The van der Waals surface area contributed by atoms with E-state index in [1.807, 2.05) is 18.4 Å². The third-order valence-corrected chi connectivity index (χ3v) is 4.75. The zero-order valence-electron chi connectivity index (χ0n) is 13.1. The molecule has 124 valence electrons. The number of nitrogens with one attached hydrogen (secondary N) is 2. The molecule has 0 fully saturated rings. The van der Waals surface area contributed by atoms with Crippen LogP contribution in [-0.2, 0) is 16.0 Å². The van der Waals surface area contributed by atoms with Crippen molar-refractivity contribution in [1.29, 1.82) is 0 Å². The van der Waals surface area contributed by atoms with E-state index in [4.69, 9.17) is 0 Å². The van der Waals surface area contributed by atoms with Gasteiger partial charge in [0.05, 0.1) is 6.04 Å². The summed E-state index contributed by atoms with van der Waals surface area (Å²) in [5.74, 6) is -1.78. The van der Waals surface area contributed by atoms with Crippen LogP contribution in [0.25, 0.3) is 0 Å². The zero-order valence-corrected chi connectivity index (χ0v) is 14.0. The Bertz CT molecular complexity index is 794. The van der Waals surface area contributed by atoms with E-state index in [9.17, 15) is 14.0 Å². The highest BCUT2D eigenvalue weighted by molar-refractivity contribution is 7.98. The van der Waals surface area contributed by atoms with Gasteiger partial charge in [-0.25, -0.2) is 4.39 Å². The summed E-state index contributed by atoms with van der Waals surface area (Å²) in [4.78, 5) is 25.2. The lowest BCUT2D eigenvalue weighted by molar-refractivity contribution is -0.136. The molecule has 0 unspecified atom stereocenters. The van der Waals surface area contributed by atoms with E-state index in [2.05, 4.69) is 10.6 Å². The fourth-order valence-corrected chi connectivity index (χ4v) is 3.30. The van der Waals surface area contributed by atoms with Crippen LogP contribution in [-0.4, -0.2) is 18.1 Å². The maximum Gasteiger partial charge on any atom is 0.313 e. The number of hydrogen-bond acceptors (Lipinski definition) is 3. The van der Waals surface area contributed by atoms with Crippen LogP contribution in [0.1, 0.15) is 23.6 Å². The lowest BCUT2D eigenvalue weighted by Gasteiger charge is -2.14. The van der Waals surface area contributed by atoms with E-state index in [1.165, 1.54) is 12.1 Å². The molecule has 0 spiro atoms. The van der Waals surface area contributed by atoms with Crippen LogP contribution < -0.4 is 10.6 Å². The standard InChI is InChI=1S/C18H17FN2O2S/c1-24-14-4-2-3-13(10-14)20-17(22)18(23)21-16-8-6-11-5-7-12(19)9-15(11)16/h2-5,7,9-10,16H,6,8H2,1H3,(H,20,22)(H,21,23)/t16-/m0/s1. The molecule has 0 saturated heterocycles. The molecule has 2 N–H and O–H groups in total. The minimum Gasteiger partial charge on any atom is -0.341 e. The molecule has 1 aliphatic rings. The number of aryl methyl sites for hydroxylation is 1. The summed E-state index contributed by atoms with van der Waals surface area (Å²) in [5.41, 5.74) is 2.33. The lowest BCUT2D eigenvalue weighted by Crippen LogP contribution is -2.37. The number of halogens is 1. The van der Waals surface area contributed by atoms with Crippen LogP contribution in [0.5, 0.6) is 0 Å². The highest BCUT2D eigenvalue weighted by Gasteiger charge is 2.26. The first-order chi connectivity index (χ1) is 11.6. The Hall–Kier alpha value is -2.34. The van der Waals surface area contributed by atoms with Crippen molar-refractivity contribution in [3.63, 3.8) is 0 Å². The Labute approximate surface area is 143 Å². The van der Waals surface area contributed by atoms with Gasteiger partial charge in [-0.2, -0.15) is 0 Å². The van der Waals surface area contributed by atoms with Gasteiger partial charge in [-0.15, -0.1) is 11.8 Å². The Morgan fingerprint density at radius 2 is 2.00 bits per heavy atom. The fourth-order valence-electron chi connectivity index (χ4n) is 2.84. The molecular formula is C18H17FN2O2S. The molecule has 1 aliphatic carbocycles. The van der Waals surface area contributed by atoms with Gasteiger partial charge >= 0.3 is 11.8 Å². The van der Waals surface area contributed by atoms with Gasteiger partial charge in [-0.3, -0.25) is 9.59 Å². The second kappa shape index (κ2) is 7.05. The van der Waals surface area contributed by atoms with Gasteiger partial charge in [0.1, 0.15) is 5.82 Å². The summed E-state index contributed by atoms with van der Waals surface area (Å²) >= 11 is 1.55. The molecule has 0 saturated carbocycles. The highest BCUT2D eigenvalue weighted by Crippen LogP contribution is 2.31. The van der Waals surface area contributed by atoms with Gasteiger partial charge in [-0.1, -0.05) is 12.1 Å². The van der Waals surface area contributed by atoms with E-state index >= 15 is 0 Å². The van der Waals surface area contributed by atoms with Crippen molar-refractivity contribution in [3.8, 4) is 0 Å². The number of anilines is 1. The average Bonchev–Trinajstić information content (AvgIpc) is 2.97. The van der Waals surface area contributed by atoms with E-state index in [0.717, 1.165) is 22.4 Å². The normalized spacial score (nSPS) is 15.7. The summed E-state index contributed by atoms with van der Waals surface area (Å²) < 4.78 is 13.4. The molecule has 6 heteroatoms. The molecule has 0 bridgehead atoms. The van der Waals surface area contributed by atoms with E-state index in [0.29, 0.717) is 12.1 Å². The van der Waals surface area contributed by atoms with Crippen molar-refractivity contribution < 1.29 is 14.0 Å². The van der Waals surface area contributed by atoms with Crippen molar-refractivity contribution >= 4 is 29.3 Å². The summed E-state index contributed by atoms with van der Waals surface area (Å²) in [6.45, 7) is 0. The SMILES string of the molecule is CSc1cccc(NC(=O)C(=O)N[C@H]2CCc3ccc(F)cc32)c1. The van der Waals surface area contributed by atoms with Crippen molar-refractivity contribution in [3.05, 3.63) is 59.4 Å². The van der Waals surface area contributed by atoms with Crippen LogP contribution >= 0.6 is 11.8 Å². The molecule has 0 heterocycles. The second-order valence-electron chi connectivity index (χ2n) is 5.59. The molecule has 24 heavy (non-hydrogen) atoms. The number of amides is 2. The minimum absolute atomic E-state index is 0.327. The Morgan fingerprint density at radius 3 is 2.79 bits per heavy atom. The molecule has 4 nitrogen and oxygen atoms in total. The number of fused-ring (bicyclic) bond motifs is 1. The Kier molecular flexibility index (Phi) is 4.85. The molecule has 1 atom stereocenters. The number of rotatable bonds is 3. The summed E-state index contributed by atoms with van der Waals surface area (Å²) in [7, 11) is 0. The molecule has 3 rings (SSSR count). The molecule has 2 aromatic carbocycles. The molecule has 2 aromatic rings. The van der Waals surface area contributed by atoms with Crippen molar-refractivity contribution in [2.75, 3.05) is 11.6 Å². The van der Waals surface area contributed by atoms with Gasteiger partial charge in [0.25, 0.3) is 0 Å². The quantitative estimate of drug-likeness (QED) is 0.663. The Morgan fingerprint density at radius 1 is 1.17 bits per heavy atom. The van der Waals surface area contributed by atoms with Gasteiger partial charge in [0.2, 0.25) is 0 Å². The predicted octanol–water partition coefficient (Wildman–Crippen LogP) is 3.29. The van der Waals surface area contributed by atoms with Crippen molar-refractivity contribution in [1.82, 2.24) is 5.32 Å². The van der Waals surface area contributed by atoms with Gasteiger partial charge in [0, 0.05) is 10.6 Å².